The molecule has 6 heteroatoms. The van der Waals surface area contributed by atoms with E-state index in [1.165, 1.54) is 6.07 Å². The molecule has 142 valence electrons. The molecule has 1 aliphatic heterocycles. The summed E-state index contributed by atoms with van der Waals surface area (Å²) in [7, 11) is 0. The highest BCUT2D eigenvalue weighted by molar-refractivity contribution is 5.78. The quantitative estimate of drug-likeness (QED) is 0.819. The number of rotatable bonds is 6. The van der Waals surface area contributed by atoms with E-state index < -0.39 is 6.04 Å². The Morgan fingerprint density at radius 1 is 1.15 bits per heavy atom. The average molecular weight is 369 g/mol. The van der Waals surface area contributed by atoms with Gasteiger partial charge in [-0.3, -0.25) is 4.79 Å². The molecule has 2 aromatic rings. The lowest BCUT2D eigenvalue weighted by atomic mass is 10.1. The lowest BCUT2D eigenvalue weighted by molar-refractivity contribution is -0.128. The highest BCUT2D eigenvalue weighted by Crippen LogP contribution is 2.18. The van der Waals surface area contributed by atoms with Crippen molar-refractivity contribution in [3.8, 4) is 0 Å². The van der Waals surface area contributed by atoms with E-state index in [1.54, 1.807) is 25.1 Å². The number of halogens is 1. The van der Waals surface area contributed by atoms with Gasteiger partial charge < -0.3 is 15.5 Å². The zero-order valence-electron chi connectivity index (χ0n) is 15.4. The molecular formula is C21H24FN3O2. The topological polar surface area (TPSA) is 61.4 Å². The largest absolute Gasteiger partial charge is 0.338 e. The molecule has 0 unspecified atom stereocenters. The molecule has 1 saturated heterocycles. The van der Waals surface area contributed by atoms with Gasteiger partial charge in [0, 0.05) is 31.6 Å². The van der Waals surface area contributed by atoms with E-state index in [9.17, 15) is 14.0 Å². The third-order valence-electron chi connectivity index (χ3n) is 4.81. The van der Waals surface area contributed by atoms with Crippen molar-refractivity contribution in [3.05, 3.63) is 71.0 Å². The Hall–Kier alpha value is -2.89. The number of nitrogens with zero attached hydrogens (tertiary/aromatic N) is 1. The Morgan fingerprint density at radius 2 is 1.85 bits per heavy atom. The summed E-state index contributed by atoms with van der Waals surface area (Å²) < 4.78 is 13.8. The molecule has 1 heterocycles. The fourth-order valence-corrected chi connectivity index (χ4v) is 3.29. The minimum absolute atomic E-state index is 0.175. The lowest BCUT2D eigenvalue weighted by Crippen LogP contribution is -2.37. The summed E-state index contributed by atoms with van der Waals surface area (Å²) in [6.07, 6.45) is 1.51. The third-order valence-corrected chi connectivity index (χ3v) is 4.81. The number of likely N-dealkylation sites (tertiary alicyclic amines) is 1. The molecule has 2 aromatic carbocycles. The van der Waals surface area contributed by atoms with Crippen LogP contribution in [-0.2, 0) is 17.9 Å². The number of carbonyl (C=O) groups is 2. The smallest absolute Gasteiger partial charge is 0.315 e. The average Bonchev–Trinajstić information content (AvgIpc) is 3.06. The predicted molar refractivity (Wildman–Crippen MR) is 101 cm³/mol. The first-order chi connectivity index (χ1) is 13.0. The van der Waals surface area contributed by atoms with Crippen LogP contribution in [0, 0.1) is 5.82 Å². The van der Waals surface area contributed by atoms with Crippen LogP contribution in [0.2, 0.25) is 0 Å². The van der Waals surface area contributed by atoms with Gasteiger partial charge in [-0.2, -0.15) is 0 Å². The van der Waals surface area contributed by atoms with E-state index in [4.69, 9.17) is 0 Å². The molecular weight excluding hydrogens is 345 g/mol. The van der Waals surface area contributed by atoms with Gasteiger partial charge in [-0.25, -0.2) is 9.18 Å². The molecule has 1 fully saturated rings. The van der Waals surface area contributed by atoms with Crippen molar-refractivity contribution in [1.29, 1.82) is 0 Å². The number of amides is 3. The van der Waals surface area contributed by atoms with Crippen LogP contribution in [-0.4, -0.2) is 23.4 Å². The minimum atomic E-state index is -0.441. The van der Waals surface area contributed by atoms with Crippen LogP contribution >= 0.6 is 0 Å². The van der Waals surface area contributed by atoms with E-state index in [0.29, 0.717) is 25.1 Å². The van der Waals surface area contributed by atoms with Crippen molar-refractivity contribution >= 4 is 11.9 Å². The maximum absolute atomic E-state index is 13.8. The second-order valence-corrected chi connectivity index (χ2v) is 6.76. The summed E-state index contributed by atoms with van der Waals surface area (Å²) >= 11 is 0. The summed E-state index contributed by atoms with van der Waals surface area (Å²) in [4.78, 5) is 25.9. The summed E-state index contributed by atoms with van der Waals surface area (Å²) in [5.74, 6) is -0.167. The van der Waals surface area contributed by atoms with Crippen LogP contribution in [0.5, 0.6) is 0 Å². The molecule has 1 atom stereocenters. The van der Waals surface area contributed by atoms with Crippen LogP contribution in [0.1, 0.15) is 42.5 Å². The SMILES string of the molecule is C[C@@H](NC(=O)NCc1ccccc1CN1CCCC1=O)c1ccccc1F. The van der Waals surface area contributed by atoms with Gasteiger partial charge in [0.25, 0.3) is 0 Å². The Labute approximate surface area is 158 Å². The molecule has 27 heavy (non-hydrogen) atoms. The van der Waals surface area contributed by atoms with Crippen molar-refractivity contribution in [1.82, 2.24) is 15.5 Å². The van der Waals surface area contributed by atoms with Gasteiger partial charge >= 0.3 is 6.03 Å². The third kappa shape index (κ3) is 4.84. The number of hydrogen-bond donors (Lipinski definition) is 2. The van der Waals surface area contributed by atoms with E-state index in [1.807, 2.05) is 29.2 Å². The number of hydrogen-bond acceptors (Lipinski definition) is 2. The molecule has 0 bridgehead atoms. The number of carbonyl (C=O) groups excluding carboxylic acids is 2. The highest BCUT2D eigenvalue weighted by atomic mass is 19.1. The van der Waals surface area contributed by atoms with Gasteiger partial charge in [-0.05, 0) is 30.5 Å². The van der Waals surface area contributed by atoms with E-state index in [2.05, 4.69) is 10.6 Å². The standard InChI is InChI=1S/C21H24FN3O2/c1-15(18-9-4-5-10-19(18)22)24-21(27)23-13-16-7-2-3-8-17(16)14-25-12-6-11-20(25)26/h2-5,7-10,15H,6,11-14H2,1H3,(H2,23,24,27)/t15-/m1/s1. The summed E-state index contributed by atoms with van der Waals surface area (Å²) in [5, 5.41) is 5.57. The van der Waals surface area contributed by atoms with Crippen molar-refractivity contribution in [2.45, 2.75) is 38.9 Å². The summed E-state index contributed by atoms with van der Waals surface area (Å²) in [6, 6.07) is 13.3. The Balaban J connectivity index is 1.57. The Kier molecular flexibility index (Phi) is 6.06. The van der Waals surface area contributed by atoms with Crippen LogP contribution in [0.15, 0.2) is 48.5 Å². The van der Waals surface area contributed by atoms with Crippen LogP contribution in [0.25, 0.3) is 0 Å². The molecule has 0 aromatic heterocycles. The van der Waals surface area contributed by atoms with Crippen molar-refractivity contribution in [2.24, 2.45) is 0 Å². The number of benzene rings is 2. The molecule has 3 rings (SSSR count). The molecule has 0 spiro atoms. The Bertz CT molecular complexity index is 825. The van der Waals surface area contributed by atoms with Crippen molar-refractivity contribution < 1.29 is 14.0 Å². The lowest BCUT2D eigenvalue weighted by Gasteiger charge is -2.19. The zero-order valence-corrected chi connectivity index (χ0v) is 15.4. The molecule has 0 aliphatic carbocycles. The monoisotopic (exact) mass is 369 g/mol. The maximum Gasteiger partial charge on any atom is 0.315 e. The van der Waals surface area contributed by atoms with Gasteiger partial charge in [0.15, 0.2) is 0 Å². The minimum Gasteiger partial charge on any atom is -0.338 e. The van der Waals surface area contributed by atoms with E-state index in [0.717, 1.165) is 24.1 Å². The fraction of sp³-hybridized carbons (Fsp3) is 0.333. The normalized spacial score (nSPS) is 14.9. The van der Waals surface area contributed by atoms with Crippen molar-refractivity contribution in [3.63, 3.8) is 0 Å². The fourth-order valence-electron chi connectivity index (χ4n) is 3.29. The van der Waals surface area contributed by atoms with Crippen LogP contribution in [0.3, 0.4) is 0 Å². The van der Waals surface area contributed by atoms with E-state index in [-0.39, 0.29) is 17.8 Å². The van der Waals surface area contributed by atoms with Gasteiger partial charge in [-0.15, -0.1) is 0 Å². The first-order valence-corrected chi connectivity index (χ1v) is 9.18. The van der Waals surface area contributed by atoms with E-state index >= 15 is 0 Å². The van der Waals surface area contributed by atoms with Crippen LogP contribution < -0.4 is 10.6 Å². The molecule has 0 saturated carbocycles. The number of urea groups is 1. The molecule has 5 nitrogen and oxygen atoms in total. The first-order valence-electron chi connectivity index (χ1n) is 9.18. The van der Waals surface area contributed by atoms with Gasteiger partial charge in [0.2, 0.25) is 5.91 Å². The molecule has 3 amide bonds. The first kappa shape index (κ1) is 18.9. The van der Waals surface area contributed by atoms with Gasteiger partial charge in [0.05, 0.1) is 6.04 Å². The predicted octanol–water partition coefficient (Wildman–Crippen LogP) is 3.51. The van der Waals surface area contributed by atoms with Gasteiger partial charge in [-0.1, -0.05) is 42.5 Å². The number of nitrogens with one attached hydrogen (secondary N) is 2. The molecule has 2 N–H and O–H groups in total. The Morgan fingerprint density at radius 3 is 2.56 bits per heavy atom. The van der Waals surface area contributed by atoms with Crippen LogP contribution in [0.4, 0.5) is 9.18 Å². The van der Waals surface area contributed by atoms with Crippen molar-refractivity contribution in [2.75, 3.05) is 6.54 Å². The molecule has 1 aliphatic rings. The highest BCUT2D eigenvalue weighted by Gasteiger charge is 2.21. The second kappa shape index (κ2) is 8.66. The summed E-state index contributed by atoms with van der Waals surface area (Å²) in [6.45, 7) is 3.42. The maximum atomic E-state index is 13.8. The zero-order chi connectivity index (χ0) is 19.2. The summed E-state index contributed by atoms with van der Waals surface area (Å²) in [5.41, 5.74) is 2.43. The second-order valence-electron chi connectivity index (χ2n) is 6.76. The van der Waals surface area contributed by atoms with Gasteiger partial charge in [0.1, 0.15) is 5.82 Å². The molecule has 0 radical (unpaired) electrons.